The molecular weight excluding hydrogens is 1860 g/mol. The minimum atomic E-state index is -4.90. The molecule has 0 aromatic heterocycles. The van der Waals surface area contributed by atoms with Crippen molar-refractivity contribution in [1.82, 2.24) is 43.2 Å². The molecule has 4 atom stereocenters. The van der Waals surface area contributed by atoms with Crippen molar-refractivity contribution in [1.29, 1.82) is 0 Å². The molecule has 8 aliphatic rings. The summed E-state index contributed by atoms with van der Waals surface area (Å²) in [4.78, 5) is 50.2. The number of rotatable bonds is 22. The third kappa shape index (κ3) is 21.5. The molecule has 45 heteroatoms. The maximum atomic E-state index is 13.7. The van der Waals surface area contributed by atoms with Crippen molar-refractivity contribution in [3.05, 3.63) is 174 Å². The van der Waals surface area contributed by atoms with E-state index in [9.17, 15) is 113 Å². The first-order valence-corrected chi connectivity index (χ1v) is 47.9. The Morgan fingerprint density at radius 1 is 0.338 bits per heavy atom. The first-order valence-electron chi connectivity index (χ1n) is 41.2. The van der Waals surface area contributed by atoms with Gasteiger partial charge >= 0.3 is 19.3 Å². The van der Waals surface area contributed by atoms with Crippen LogP contribution in [-0.4, -0.2) is 169 Å². The average molecular weight is 1950 g/mol. The number of amides is 4. The second-order valence-corrected chi connectivity index (χ2v) is 43.6. The number of hydroxylamine groups is 4. The van der Waals surface area contributed by atoms with Crippen LogP contribution in [0, 0.1) is 27.5 Å². The number of nitrogens with one attached hydrogen (secondary N) is 8. The highest BCUT2D eigenvalue weighted by atomic mass is 35.5. The highest BCUT2D eigenvalue weighted by Gasteiger charge is 2.65. The molecule has 8 fully saturated rings. The molecule has 12 N–H and O–H groups in total. The van der Waals surface area contributed by atoms with Crippen molar-refractivity contribution in [3.63, 3.8) is 0 Å². The van der Waals surface area contributed by atoms with Gasteiger partial charge in [-0.15, -0.1) is 26.3 Å². The van der Waals surface area contributed by atoms with E-state index < -0.39 is 119 Å². The Morgan fingerprint density at radius 2 is 0.615 bits per heavy atom. The summed E-state index contributed by atoms with van der Waals surface area (Å²) < 4.78 is 243. The van der Waals surface area contributed by atoms with Crippen molar-refractivity contribution in [2.24, 2.45) is 21.7 Å². The van der Waals surface area contributed by atoms with E-state index in [2.05, 4.69) is 35.5 Å². The Bertz CT molecular complexity index is 5710. The molecule has 4 unspecified atom stereocenters. The fourth-order valence-corrected chi connectivity index (χ4v) is 28.2. The summed E-state index contributed by atoms with van der Waals surface area (Å²) in [5, 5.41) is 49.7. The van der Waals surface area contributed by atoms with Gasteiger partial charge in [-0.25, -0.2) is 60.0 Å². The van der Waals surface area contributed by atoms with Gasteiger partial charge in [0, 0.05) is 12.1 Å². The molecule has 7 aromatic carbocycles. The van der Waals surface area contributed by atoms with Crippen LogP contribution in [0.4, 0.5) is 39.5 Å². The number of hydrogen-bond acceptors (Lipinski definition) is 26. The lowest BCUT2D eigenvalue weighted by Crippen LogP contribution is -2.51. The number of sulfone groups is 4. The SMILES string of the molecule is O=C(NO)C1(S(=O)(=O)c2ccc(F)c(Cl)c2)CCC2(CCNCC2)C1.O=C(NO)C1(S(=O)(=O)c2ccc(Oc3ccc(OC(F)(F)F)c(Cl)c3)cc2)CCC2(CCNCC2)C1.O=C(NO)C1(S(=O)(=O)c2ccc(Oc3ccc(OC(F)F)cc3)cc2)CCC2(CCNCC2)C1.O=C(NO)C1(S(=O)(=O)c2ccc(Oc3cccc(OC(F)(F)F)c3)cc2)CCC2(CCNCC2)C1. The molecule has 4 spiro atoms. The maximum absolute atomic E-state index is 13.7. The highest BCUT2D eigenvalue weighted by molar-refractivity contribution is 7.94. The van der Waals surface area contributed by atoms with Crippen molar-refractivity contribution in [2.45, 2.75) is 186 Å². The van der Waals surface area contributed by atoms with Gasteiger partial charge in [-0.3, -0.25) is 40.0 Å². The molecule has 0 bridgehead atoms. The van der Waals surface area contributed by atoms with E-state index in [-0.39, 0.29) is 131 Å². The van der Waals surface area contributed by atoms with E-state index >= 15 is 0 Å². The zero-order chi connectivity index (χ0) is 94.2. The predicted octanol–water partition coefficient (Wildman–Crippen LogP) is 14.3. The van der Waals surface area contributed by atoms with Crippen molar-refractivity contribution >= 4 is 86.2 Å². The summed E-state index contributed by atoms with van der Waals surface area (Å²) >= 11 is 11.6. The number of carbonyl (C=O) groups excluding carboxylic acids is 4. The number of ether oxygens (including phenoxy) is 6. The van der Waals surface area contributed by atoms with Gasteiger partial charge in [-0.2, -0.15) is 8.78 Å². The van der Waals surface area contributed by atoms with Crippen LogP contribution in [0.15, 0.2) is 177 Å². The van der Waals surface area contributed by atoms with Gasteiger partial charge in [0.05, 0.1) is 29.6 Å². The van der Waals surface area contributed by atoms with E-state index in [4.69, 9.17) is 37.4 Å². The number of carbonyl (C=O) groups is 4. The standard InChI is InChI=1S/C23H24ClF3N2O6S.C23H25F3N2O6S.C23H26F2N2O6S.C16H20ClFN2O4S/c24-18-13-16(3-6-19(18)35-23(25,26)27)34-15-1-4-17(5-2-15)36(32,33)22(20(30)29-31)8-7-21(14-22)9-11-28-12-10-21;24-23(25,26)34-18-3-1-2-17(14-18)33-16-4-6-19(7-5-16)35(31,32)22(20(29)28-30)9-8-21(15-22)10-12-27-13-11-21;24-21(25)33-18-3-1-16(2-4-18)32-17-5-7-19(8-6-17)34(30,31)23(20(28)27-29)10-9-22(15-23)11-13-26-14-12-22;17-12-9-11(1-2-13(12)18)25(23,24)16(14(21)20-22)4-3-15(10-16)5-7-19-8-6-15/h1-6,13,28,31H,7-12,14H2,(H,29,30);1-7,14,27,30H,8-13,15H2,(H,28,29);1-8,21,26,29H,9-15H2,(H,27,28);1-2,9,19,22H,3-8,10H2,(H,20,21). The Morgan fingerprint density at radius 3 is 0.915 bits per heavy atom. The minimum Gasteiger partial charge on any atom is -0.457 e. The normalized spacial score (nSPS) is 22.7. The largest absolute Gasteiger partial charge is 0.573 e. The smallest absolute Gasteiger partial charge is 0.457 e. The van der Waals surface area contributed by atoms with Gasteiger partial charge in [0.1, 0.15) is 57.6 Å². The van der Waals surface area contributed by atoms with Crippen LogP contribution in [0.2, 0.25) is 10.0 Å². The molecule has 4 heterocycles. The minimum absolute atomic E-state index is 0.0145. The van der Waals surface area contributed by atoms with E-state index in [0.717, 1.165) is 146 Å². The van der Waals surface area contributed by atoms with Gasteiger partial charge < -0.3 is 49.7 Å². The number of hydrogen-bond donors (Lipinski definition) is 12. The molecular formula is C85H95Cl2F9N8O22S4. The Labute approximate surface area is 752 Å². The Hall–Kier alpha value is -9.35. The van der Waals surface area contributed by atoms with Crippen LogP contribution in [0.3, 0.4) is 0 Å². The van der Waals surface area contributed by atoms with Crippen molar-refractivity contribution < 1.29 is 142 Å². The fourth-order valence-electron chi connectivity index (χ4n) is 19.3. The van der Waals surface area contributed by atoms with Crippen LogP contribution >= 0.6 is 23.2 Å². The van der Waals surface area contributed by atoms with Gasteiger partial charge in [0.25, 0.3) is 23.6 Å². The molecule has 4 aliphatic carbocycles. The second-order valence-electron chi connectivity index (χ2n) is 33.8. The summed E-state index contributed by atoms with van der Waals surface area (Å²) in [6.07, 6.45) is -0.485. The Balaban J connectivity index is 0.000000158. The molecule has 30 nitrogen and oxygen atoms in total. The quantitative estimate of drug-likeness (QED) is 0.0130. The van der Waals surface area contributed by atoms with Crippen molar-refractivity contribution in [2.75, 3.05) is 52.4 Å². The lowest BCUT2D eigenvalue weighted by atomic mass is 9.77. The molecule has 4 amide bonds. The van der Waals surface area contributed by atoms with E-state index in [1.165, 1.54) is 121 Å². The molecule has 4 saturated heterocycles. The zero-order valence-electron chi connectivity index (χ0n) is 69.3. The number of piperidine rings is 4. The van der Waals surface area contributed by atoms with Gasteiger partial charge in [0.2, 0.25) is 0 Å². The third-order valence-corrected chi connectivity index (χ3v) is 36.6. The molecule has 0 radical (unpaired) electrons. The maximum Gasteiger partial charge on any atom is 0.573 e. The Kier molecular flexibility index (Phi) is 30.5. The molecule has 15 rings (SSSR count). The molecule has 7 aromatic rings. The predicted molar refractivity (Wildman–Crippen MR) is 448 cm³/mol. The molecule has 4 saturated carbocycles. The first-order chi connectivity index (χ1) is 61.3. The molecule has 4 aliphatic heterocycles. The highest BCUT2D eigenvalue weighted by Crippen LogP contribution is 2.59. The van der Waals surface area contributed by atoms with Crippen LogP contribution in [0.1, 0.15) is 128 Å². The van der Waals surface area contributed by atoms with Gasteiger partial charge in [-0.05, 0) is 342 Å². The second kappa shape index (κ2) is 39.8. The van der Waals surface area contributed by atoms with E-state index in [1.807, 2.05) is 0 Å². The summed E-state index contributed by atoms with van der Waals surface area (Å²) in [7, 11) is -16.7. The number of halogens is 11. The summed E-state index contributed by atoms with van der Waals surface area (Å²) in [6, 6.07) is 33.1. The fraction of sp³-hybridized carbons (Fsp3) is 0.459. The average Bonchev–Trinajstić information content (AvgIpc) is 1.57. The number of benzene rings is 7. The third-order valence-electron chi connectivity index (χ3n) is 26.2. The van der Waals surface area contributed by atoms with Crippen molar-refractivity contribution in [3.8, 4) is 51.7 Å². The summed E-state index contributed by atoms with van der Waals surface area (Å²) in [5.41, 5.74) is 5.14. The monoisotopic (exact) mass is 1950 g/mol. The van der Waals surface area contributed by atoms with Gasteiger partial charge in [0.15, 0.2) is 58.3 Å². The lowest BCUT2D eigenvalue weighted by Gasteiger charge is -2.36. The van der Waals surface area contributed by atoms with Crippen LogP contribution in [0.25, 0.3) is 0 Å². The lowest BCUT2D eigenvalue weighted by molar-refractivity contribution is -0.275. The summed E-state index contributed by atoms with van der Waals surface area (Å²) in [5.74, 6) is -4.35. The molecule has 130 heavy (non-hydrogen) atoms. The van der Waals surface area contributed by atoms with Crippen LogP contribution in [0.5, 0.6) is 51.7 Å². The summed E-state index contributed by atoms with van der Waals surface area (Å²) in [6.45, 7) is 3.05. The van der Waals surface area contributed by atoms with Crippen LogP contribution in [-0.2, 0) is 58.5 Å². The van der Waals surface area contributed by atoms with E-state index in [1.54, 1.807) is 16.4 Å². The zero-order valence-corrected chi connectivity index (χ0v) is 74.1. The first kappa shape index (κ1) is 99.7. The molecule has 708 valence electrons. The van der Waals surface area contributed by atoms with Gasteiger partial charge in [-0.1, -0.05) is 29.3 Å². The number of alkyl halides is 8. The van der Waals surface area contributed by atoms with E-state index in [0.29, 0.717) is 37.2 Å². The topological polar surface area (TPSA) is 437 Å². The van der Waals surface area contributed by atoms with Crippen LogP contribution < -0.4 is 71.6 Å².